The van der Waals surface area contributed by atoms with Crippen molar-refractivity contribution in [3.8, 4) is 0 Å². The van der Waals surface area contributed by atoms with E-state index in [2.05, 4.69) is 10.5 Å². The first-order valence-corrected chi connectivity index (χ1v) is 9.58. The Balaban J connectivity index is 1.73. The monoisotopic (exact) mass is 353 g/mol. The van der Waals surface area contributed by atoms with Gasteiger partial charge in [0.2, 0.25) is 5.91 Å². The third-order valence-electron chi connectivity index (χ3n) is 5.59. The quantitative estimate of drug-likeness (QED) is 0.430. The molecule has 2 fully saturated rings. The first-order valence-electron chi connectivity index (χ1n) is 9.58. The van der Waals surface area contributed by atoms with Gasteiger partial charge in [-0.15, -0.1) is 0 Å². The molecule has 2 aliphatic rings. The Morgan fingerprint density at radius 1 is 1.20 bits per heavy atom. The number of nitrogens with two attached hydrogens (primary N) is 1. The Hall–Kier alpha value is -1.12. The van der Waals surface area contributed by atoms with E-state index in [1.807, 2.05) is 0 Å². The predicted molar refractivity (Wildman–Crippen MR) is 96.8 cm³/mol. The van der Waals surface area contributed by atoms with Gasteiger partial charge in [0.1, 0.15) is 0 Å². The molecular formula is C17H32BN3O4. The number of carboxylic acid groups (broad SMARTS) is 1. The molecule has 0 aromatic carbocycles. The molecule has 25 heavy (non-hydrogen) atoms. The van der Waals surface area contributed by atoms with Crippen LogP contribution in [-0.4, -0.2) is 47.2 Å². The average molecular weight is 353 g/mol. The van der Waals surface area contributed by atoms with Crippen LogP contribution in [0.5, 0.6) is 0 Å². The minimum absolute atomic E-state index is 0.0492. The number of carboxylic acids is 1. The van der Waals surface area contributed by atoms with E-state index in [0.29, 0.717) is 12.3 Å². The van der Waals surface area contributed by atoms with Crippen LogP contribution in [-0.2, 0) is 9.59 Å². The zero-order valence-electron chi connectivity index (χ0n) is 15.1. The maximum atomic E-state index is 12.4. The third kappa shape index (κ3) is 6.60. The number of carbonyl (C=O) groups is 2. The SMILES string of the molecule is CB(O)NC(CC1CCC(NC(=O)C2CCCC(N)C2)CC1)C(=O)O. The number of aliphatic carboxylic acids is 1. The summed E-state index contributed by atoms with van der Waals surface area (Å²) in [7, 11) is -0.835. The summed E-state index contributed by atoms with van der Waals surface area (Å²) in [5.74, 6) is -0.431. The maximum Gasteiger partial charge on any atom is 0.374 e. The van der Waals surface area contributed by atoms with Crippen molar-refractivity contribution in [3.05, 3.63) is 0 Å². The molecule has 0 saturated heterocycles. The minimum atomic E-state index is -0.926. The lowest BCUT2D eigenvalue weighted by Gasteiger charge is -2.33. The van der Waals surface area contributed by atoms with Crippen LogP contribution in [0.1, 0.15) is 57.8 Å². The molecule has 7 nitrogen and oxygen atoms in total. The van der Waals surface area contributed by atoms with E-state index in [1.54, 1.807) is 0 Å². The van der Waals surface area contributed by atoms with Gasteiger partial charge in [0, 0.05) is 18.0 Å². The fourth-order valence-electron chi connectivity index (χ4n) is 4.19. The fourth-order valence-corrected chi connectivity index (χ4v) is 4.19. The van der Waals surface area contributed by atoms with E-state index in [1.165, 1.54) is 6.82 Å². The highest BCUT2D eigenvalue weighted by atomic mass is 16.4. The number of carbonyl (C=O) groups excluding carboxylic acids is 1. The molecule has 0 aromatic heterocycles. The molecule has 3 atom stereocenters. The van der Waals surface area contributed by atoms with Crippen LogP contribution in [0.3, 0.4) is 0 Å². The second kappa shape index (κ2) is 9.55. The molecule has 2 rings (SSSR count). The van der Waals surface area contributed by atoms with Crippen molar-refractivity contribution in [1.29, 1.82) is 0 Å². The molecule has 8 heteroatoms. The molecule has 0 radical (unpaired) electrons. The molecule has 0 bridgehead atoms. The summed E-state index contributed by atoms with van der Waals surface area (Å²) in [4.78, 5) is 23.7. The van der Waals surface area contributed by atoms with Gasteiger partial charge < -0.3 is 26.4 Å². The summed E-state index contributed by atoms with van der Waals surface area (Å²) in [6, 6.07) is -0.385. The van der Waals surface area contributed by atoms with Gasteiger partial charge >= 0.3 is 13.0 Å². The van der Waals surface area contributed by atoms with Crippen LogP contribution in [0.15, 0.2) is 0 Å². The number of hydrogen-bond acceptors (Lipinski definition) is 5. The number of rotatable bonds is 7. The van der Waals surface area contributed by atoms with Gasteiger partial charge in [0.15, 0.2) is 0 Å². The van der Waals surface area contributed by atoms with Crippen molar-refractivity contribution in [2.75, 3.05) is 0 Å². The van der Waals surface area contributed by atoms with Gasteiger partial charge in [-0.05, 0) is 64.1 Å². The molecule has 0 aromatic rings. The van der Waals surface area contributed by atoms with Crippen LogP contribution in [0.4, 0.5) is 0 Å². The lowest BCUT2D eigenvalue weighted by molar-refractivity contribution is -0.139. The molecule has 3 unspecified atom stereocenters. The normalized spacial score (nSPS) is 31.2. The summed E-state index contributed by atoms with van der Waals surface area (Å²) >= 11 is 0. The highest BCUT2D eigenvalue weighted by Gasteiger charge is 2.30. The van der Waals surface area contributed by atoms with Crippen LogP contribution < -0.4 is 16.3 Å². The highest BCUT2D eigenvalue weighted by molar-refractivity contribution is 6.46. The molecule has 0 spiro atoms. The van der Waals surface area contributed by atoms with Gasteiger partial charge in [0.05, 0.1) is 6.04 Å². The van der Waals surface area contributed by atoms with Crippen LogP contribution in [0, 0.1) is 11.8 Å². The second-order valence-corrected chi connectivity index (χ2v) is 7.82. The van der Waals surface area contributed by atoms with Crippen molar-refractivity contribution in [1.82, 2.24) is 10.5 Å². The second-order valence-electron chi connectivity index (χ2n) is 7.82. The van der Waals surface area contributed by atoms with Crippen LogP contribution in [0.2, 0.25) is 6.82 Å². The fraction of sp³-hybridized carbons (Fsp3) is 0.882. The Kier molecular flexibility index (Phi) is 7.71. The molecule has 2 aliphatic carbocycles. The van der Waals surface area contributed by atoms with Gasteiger partial charge in [-0.2, -0.15) is 0 Å². The summed E-state index contributed by atoms with van der Waals surface area (Å²) < 4.78 is 0. The smallest absolute Gasteiger partial charge is 0.374 e. The van der Waals surface area contributed by atoms with Gasteiger partial charge in [-0.25, -0.2) is 0 Å². The highest BCUT2D eigenvalue weighted by Crippen LogP contribution is 2.29. The van der Waals surface area contributed by atoms with E-state index in [-0.39, 0.29) is 23.9 Å². The van der Waals surface area contributed by atoms with Crippen molar-refractivity contribution >= 4 is 18.9 Å². The zero-order chi connectivity index (χ0) is 18.4. The van der Waals surface area contributed by atoms with E-state index in [9.17, 15) is 19.7 Å². The predicted octanol–water partition coefficient (Wildman–Crippen LogP) is 0.722. The van der Waals surface area contributed by atoms with E-state index in [0.717, 1.165) is 51.4 Å². The molecule has 0 aliphatic heterocycles. The average Bonchev–Trinajstić information content (AvgIpc) is 2.55. The lowest BCUT2D eigenvalue weighted by atomic mass is 9.79. The molecule has 142 valence electrons. The number of nitrogens with one attached hydrogen (secondary N) is 2. The van der Waals surface area contributed by atoms with Crippen LogP contribution >= 0.6 is 0 Å². The van der Waals surface area contributed by atoms with Crippen molar-refractivity contribution in [3.63, 3.8) is 0 Å². The van der Waals surface area contributed by atoms with Crippen molar-refractivity contribution in [2.45, 2.75) is 82.7 Å². The minimum Gasteiger partial charge on any atom is -0.480 e. The molecule has 0 heterocycles. The maximum absolute atomic E-state index is 12.4. The number of hydrogen-bond donors (Lipinski definition) is 5. The van der Waals surface area contributed by atoms with Crippen LogP contribution in [0.25, 0.3) is 0 Å². The third-order valence-corrected chi connectivity index (χ3v) is 5.59. The van der Waals surface area contributed by atoms with Gasteiger partial charge in [0.25, 0.3) is 0 Å². The van der Waals surface area contributed by atoms with E-state index < -0.39 is 19.1 Å². The Labute approximate surface area is 150 Å². The van der Waals surface area contributed by atoms with E-state index in [4.69, 9.17) is 5.73 Å². The topological polar surface area (TPSA) is 125 Å². The van der Waals surface area contributed by atoms with Crippen molar-refractivity contribution in [2.24, 2.45) is 17.6 Å². The zero-order valence-corrected chi connectivity index (χ0v) is 15.1. The first kappa shape index (κ1) is 20.2. The Bertz CT molecular complexity index is 455. The molecule has 1 amide bonds. The van der Waals surface area contributed by atoms with Gasteiger partial charge in [-0.3, -0.25) is 9.59 Å². The summed E-state index contributed by atoms with van der Waals surface area (Å²) in [5.41, 5.74) is 5.97. The first-order chi connectivity index (χ1) is 11.8. The molecule has 2 saturated carbocycles. The lowest BCUT2D eigenvalue weighted by Crippen LogP contribution is -2.47. The summed E-state index contributed by atoms with van der Waals surface area (Å²) in [6.45, 7) is 1.53. The summed E-state index contributed by atoms with van der Waals surface area (Å²) in [5, 5.41) is 24.5. The number of amides is 1. The molecule has 6 N–H and O–H groups in total. The Morgan fingerprint density at radius 3 is 2.44 bits per heavy atom. The standard InChI is InChI=1S/C17H32BN3O4/c1-18(25)21-15(17(23)24)9-11-5-7-14(8-6-11)20-16(22)12-3-2-4-13(19)10-12/h11-15,21,25H,2-10,19H2,1H3,(H,20,22)(H,23,24). The largest absolute Gasteiger partial charge is 0.480 e. The molecular weight excluding hydrogens is 321 g/mol. The summed E-state index contributed by atoms with van der Waals surface area (Å²) in [6.07, 6.45) is 7.84. The van der Waals surface area contributed by atoms with Gasteiger partial charge in [-0.1, -0.05) is 6.42 Å². The van der Waals surface area contributed by atoms with Crippen molar-refractivity contribution < 1.29 is 19.7 Å². The Morgan fingerprint density at radius 2 is 1.88 bits per heavy atom. The van der Waals surface area contributed by atoms with E-state index >= 15 is 0 Å².